The molecule has 0 saturated carbocycles. The van der Waals surface area contributed by atoms with Gasteiger partial charge in [0.15, 0.2) is 10.8 Å². The molecule has 1 aromatic heterocycles. The van der Waals surface area contributed by atoms with E-state index in [0.717, 1.165) is 0 Å². The number of ketones is 1. The minimum Gasteiger partial charge on any atom is -0.333 e. The Labute approximate surface area is 77.6 Å². The quantitative estimate of drug-likeness (QED) is 0.685. The first-order valence-corrected chi connectivity index (χ1v) is 4.67. The van der Waals surface area contributed by atoms with Crippen LogP contribution in [0, 0.1) is 0 Å². The summed E-state index contributed by atoms with van der Waals surface area (Å²) in [5, 5.41) is 2.38. The number of rotatable bonds is 1. The van der Waals surface area contributed by atoms with Crippen molar-refractivity contribution in [2.45, 2.75) is 20.8 Å². The van der Waals surface area contributed by atoms with Crippen molar-refractivity contribution in [1.29, 1.82) is 0 Å². The molecule has 1 aromatic rings. The van der Waals surface area contributed by atoms with Crippen LogP contribution in [-0.4, -0.2) is 17.8 Å². The van der Waals surface area contributed by atoms with E-state index >= 15 is 0 Å². The average molecular weight is 188 g/mol. The molecule has 0 aliphatic heterocycles. The summed E-state index contributed by atoms with van der Waals surface area (Å²) in [4.78, 5) is 14.2. The van der Waals surface area contributed by atoms with E-state index in [9.17, 15) is 4.79 Å². The molecule has 0 spiro atoms. The molecule has 2 N–H and O–H groups in total. The Balaban J connectivity index is 0. The summed E-state index contributed by atoms with van der Waals surface area (Å²) in [5.74, 6) is 0.0417. The van der Waals surface area contributed by atoms with Crippen molar-refractivity contribution in [3.63, 3.8) is 0 Å². The van der Waals surface area contributed by atoms with Crippen LogP contribution in [-0.2, 0) is 0 Å². The van der Waals surface area contributed by atoms with E-state index in [1.807, 2.05) is 13.8 Å². The number of nitrogens with two attached hydrogens (primary N) is 1. The Kier molecular flexibility index (Phi) is 11.8. The number of aromatic nitrogens is 1. The van der Waals surface area contributed by atoms with E-state index < -0.39 is 0 Å². The van der Waals surface area contributed by atoms with Crippen LogP contribution in [0.1, 0.15) is 30.6 Å². The highest BCUT2D eigenvalue weighted by molar-refractivity contribution is 7.11. The highest BCUT2D eigenvalue weighted by atomic mass is 32.1. The van der Waals surface area contributed by atoms with Crippen molar-refractivity contribution in [3.8, 4) is 0 Å². The molecule has 0 amide bonds. The molecule has 12 heavy (non-hydrogen) atoms. The lowest BCUT2D eigenvalue weighted by atomic mass is 10.5. The van der Waals surface area contributed by atoms with E-state index in [-0.39, 0.29) is 5.78 Å². The van der Waals surface area contributed by atoms with Gasteiger partial charge >= 0.3 is 0 Å². The van der Waals surface area contributed by atoms with Crippen LogP contribution in [0.15, 0.2) is 11.6 Å². The summed E-state index contributed by atoms with van der Waals surface area (Å²) < 4.78 is 0. The Bertz CT molecular complexity index is 185. The molecule has 1 rings (SSSR count). The van der Waals surface area contributed by atoms with Gasteiger partial charge in [0.05, 0.1) is 0 Å². The highest BCUT2D eigenvalue weighted by Gasteiger charge is 1.97. The Hall–Kier alpha value is -0.740. The van der Waals surface area contributed by atoms with Crippen molar-refractivity contribution >= 4 is 17.1 Å². The van der Waals surface area contributed by atoms with Gasteiger partial charge in [0.25, 0.3) is 0 Å². The van der Waals surface area contributed by atoms with E-state index in [0.29, 0.717) is 5.01 Å². The number of carbonyl (C=O) groups excluding carboxylic acids is 1. The summed E-state index contributed by atoms with van der Waals surface area (Å²) in [6.45, 7) is 5.51. The molecule has 0 atom stereocenters. The molecule has 0 fully saturated rings. The van der Waals surface area contributed by atoms with Crippen LogP contribution < -0.4 is 5.73 Å². The molecule has 0 bridgehead atoms. The average Bonchev–Trinajstić information content (AvgIpc) is 2.64. The first kappa shape index (κ1) is 13.8. The number of thiazole rings is 1. The fourth-order valence-corrected chi connectivity index (χ4v) is 0.936. The number of nitrogens with zero attached hydrogens (tertiary/aromatic N) is 1. The van der Waals surface area contributed by atoms with Gasteiger partial charge in [-0.1, -0.05) is 13.8 Å². The van der Waals surface area contributed by atoms with Gasteiger partial charge in [-0.3, -0.25) is 4.79 Å². The number of Topliss-reactive ketones (excluding diaryl/α,β-unsaturated/α-hetero) is 1. The zero-order chi connectivity index (χ0) is 9.98. The zero-order valence-corrected chi connectivity index (χ0v) is 8.81. The lowest BCUT2D eigenvalue weighted by Crippen LogP contribution is -1.87. The lowest BCUT2D eigenvalue weighted by molar-refractivity contribution is 0.101. The van der Waals surface area contributed by atoms with Gasteiger partial charge in [-0.15, -0.1) is 11.3 Å². The van der Waals surface area contributed by atoms with Crippen molar-refractivity contribution < 1.29 is 4.79 Å². The van der Waals surface area contributed by atoms with Crippen LogP contribution in [0.2, 0.25) is 0 Å². The fraction of sp³-hybridized carbons (Fsp3) is 0.500. The maximum absolute atomic E-state index is 10.5. The van der Waals surface area contributed by atoms with Crippen molar-refractivity contribution in [3.05, 3.63) is 16.6 Å². The second kappa shape index (κ2) is 10.3. The number of carbonyl (C=O) groups is 1. The van der Waals surface area contributed by atoms with Gasteiger partial charge < -0.3 is 5.73 Å². The summed E-state index contributed by atoms with van der Waals surface area (Å²) in [7, 11) is 1.50. The normalized spacial score (nSPS) is 7.08. The van der Waals surface area contributed by atoms with Gasteiger partial charge in [0.2, 0.25) is 0 Å². The molecule has 0 saturated heterocycles. The van der Waals surface area contributed by atoms with Crippen molar-refractivity contribution in [2.75, 3.05) is 7.05 Å². The summed E-state index contributed by atoms with van der Waals surface area (Å²) >= 11 is 1.37. The van der Waals surface area contributed by atoms with Crippen LogP contribution >= 0.6 is 11.3 Å². The molecule has 3 nitrogen and oxygen atoms in total. The van der Waals surface area contributed by atoms with Crippen LogP contribution in [0.25, 0.3) is 0 Å². The summed E-state index contributed by atoms with van der Waals surface area (Å²) in [6.07, 6.45) is 1.63. The molecule has 70 valence electrons. The maximum atomic E-state index is 10.5. The van der Waals surface area contributed by atoms with Gasteiger partial charge in [-0.25, -0.2) is 4.98 Å². The Morgan fingerprint density at radius 3 is 2.17 bits per heavy atom. The van der Waals surface area contributed by atoms with E-state index in [4.69, 9.17) is 0 Å². The number of hydrogen-bond acceptors (Lipinski definition) is 4. The van der Waals surface area contributed by atoms with E-state index in [2.05, 4.69) is 10.7 Å². The van der Waals surface area contributed by atoms with E-state index in [1.54, 1.807) is 11.6 Å². The second-order valence-electron chi connectivity index (χ2n) is 1.39. The first-order valence-electron chi connectivity index (χ1n) is 3.79. The predicted octanol–water partition coefficient (Wildman–Crippen LogP) is 1.95. The van der Waals surface area contributed by atoms with Crippen LogP contribution in [0.3, 0.4) is 0 Å². The third-order valence-electron chi connectivity index (χ3n) is 0.733. The second-order valence-corrected chi connectivity index (χ2v) is 2.29. The minimum absolute atomic E-state index is 0.0417. The third-order valence-corrected chi connectivity index (χ3v) is 1.61. The Morgan fingerprint density at radius 2 is 2.00 bits per heavy atom. The lowest BCUT2D eigenvalue weighted by Gasteiger charge is -1.78. The topological polar surface area (TPSA) is 56.0 Å². The maximum Gasteiger partial charge on any atom is 0.188 e. The largest absolute Gasteiger partial charge is 0.333 e. The zero-order valence-electron chi connectivity index (χ0n) is 8.00. The third kappa shape index (κ3) is 6.00. The predicted molar refractivity (Wildman–Crippen MR) is 53.6 cm³/mol. The SMILES string of the molecule is CC.CC(=O)c1nccs1.CN. The molecule has 0 aliphatic carbocycles. The highest BCUT2D eigenvalue weighted by Crippen LogP contribution is 2.02. The molecular formula is C8H16N2OS. The van der Waals surface area contributed by atoms with Crippen molar-refractivity contribution in [1.82, 2.24) is 4.98 Å². The molecule has 1 heterocycles. The van der Waals surface area contributed by atoms with Gasteiger partial charge in [-0.05, 0) is 7.05 Å². The van der Waals surface area contributed by atoms with E-state index in [1.165, 1.54) is 25.3 Å². The van der Waals surface area contributed by atoms with Crippen LogP contribution in [0.4, 0.5) is 0 Å². The molecule has 0 radical (unpaired) electrons. The van der Waals surface area contributed by atoms with Gasteiger partial charge in [0, 0.05) is 18.5 Å². The van der Waals surface area contributed by atoms with Crippen molar-refractivity contribution in [2.24, 2.45) is 5.73 Å². The molecule has 0 aliphatic rings. The monoisotopic (exact) mass is 188 g/mol. The molecule has 4 heteroatoms. The van der Waals surface area contributed by atoms with Gasteiger partial charge in [-0.2, -0.15) is 0 Å². The smallest absolute Gasteiger partial charge is 0.188 e. The molecule has 0 unspecified atom stereocenters. The fourth-order valence-electron chi connectivity index (χ4n) is 0.397. The van der Waals surface area contributed by atoms with Crippen LogP contribution in [0.5, 0.6) is 0 Å². The number of hydrogen-bond donors (Lipinski definition) is 1. The summed E-state index contributed by atoms with van der Waals surface area (Å²) in [5.41, 5.74) is 4.50. The minimum atomic E-state index is 0.0417. The standard InChI is InChI=1S/C5H5NOS.C2H6.CH5N/c1-4(7)5-6-2-3-8-5;2*1-2/h2-3H,1H3;1-2H3;2H2,1H3. The first-order chi connectivity index (χ1) is 5.80. The molecular weight excluding hydrogens is 172 g/mol. The van der Waals surface area contributed by atoms with Gasteiger partial charge in [0.1, 0.15) is 0 Å². The summed E-state index contributed by atoms with van der Waals surface area (Å²) in [6, 6.07) is 0. The Morgan fingerprint density at radius 1 is 1.50 bits per heavy atom. The molecule has 0 aromatic carbocycles.